The largest absolute Gasteiger partial charge is 0.481 e. The maximum atomic E-state index is 11.7. The third-order valence-electron chi connectivity index (χ3n) is 4.54. The van der Waals surface area contributed by atoms with Crippen LogP contribution in [0.2, 0.25) is 0 Å². The molecule has 0 radical (unpaired) electrons. The zero-order valence-electron chi connectivity index (χ0n) is 12.9. The van der Waals surface area contributed by atoms with Crippen molar-refractivity contribution in [3.8, 4) is 5.75 Å². The molecule has 1 aromatic rings. The predicted octanol–water partition coefficient (Wildman–Crippen LogP) is 1.68. The summed E-state index contributed by atoms with van der Waals surface area (Å²) in [5.41, 5.74) is 1.34. The molecule has 0 bridgehead atoms. The Hall–Kier alpha value is -1.88. The van der Waals surface area contributed by atoms with Crippen molar-refractivity contribution in [3.63, 3.8) is 0 Å². The third kappa shape index (κ3) is 3.47. The SMILES string of the molecule is CN1CCC(c2ccc(OC3CCC(=O)NC3=O)cc2)CC1. The molecule has 1 N–H and O–H groups in total. The number of imide groups is 1. The molecular formula is C17H22N2O3. The second-order valence-corrected chi connectivity index (χ2v) is 6.20. The fourth-order valence-electron chi connectivity index (χ4n) is 3.11. The minimum absolute atomic E-state index is 0.220. The number of ether oxygens (including phenoxy) is 1. The van der Waals surface area contributed by atoms with E-state index in [0.29, 0.717) is 24.5 Å². The van der Waals surface area contributed by atoms with Crippen LogP contribution in [0.4, 0.5) is 0 Å². The Kier molecular flexibility index (Phi) is 4.43. The average molecular weight is 302 g/mol. The van der Waals surface area contributed by atoms with Gasteiger partial charge in [-0.2, -0.15) is 0 Å². The van der Waals surface area contributed by atoms with Crippen molar-refractivity contribution in [1.29, 1.82) is 0 Å². The molecule has 3 rings (SSSR count). The third-order valence-corrected chi connectivity index (χ3v) is 4.54. The first kappa shape index (κ1) is 15.0. The molecule has 118 valence electrons. The molecule has 2 fully saturated rings. The summed E-state index contributed by atoms with van der Waals surface area (Å²) >= 11 is 0. The summed E-state index contributed by atoms with van der Waals surface area (Å²) in [6, 6.07) is 8.04. The van der Waals surface area contributed by atoms with Gasteiger partial charge in [0.15, 0.2) is 6.10 Å². The number of piperidine rings is 2. The van der Waals surface area contributed by atoms with Crippen molar-refractivity contribution in [2.45, 2.75) is 37.7 Å². The molecule has 2 amide bonds. The smallest absolute Gasteiger partial charge is 0.267 e. The number of carbonyl (C=O) groups excluding carboxylic acids is 2. The highest BCUT2D eigenvalue weighted by Crippen LogP contribution is 2.29. The lowest BCUT2D eigenvalue weighted by molar-refractivity contribution is -0.138. The molecular weight excluding hydrogens is 280 g/mol. The van der Waals surface area contributed by atoms with Crippen molar-refractivity contribution < 1.29 is 14.3 Å². The van der Waals surface area contributed by atoms with E-state index < -0.39 is 6.10 Å². The lowest BCUT2D eigenvalue weighted by Gasteiger charge is -2.29. The Labute approximate surface area is 130 Å². The van der Waals surface area contributed by atoms with E-state index in [9.17, 15) is 9.59 Å². The average Bonchev–Trinajstić information content (AvgIpc) is 2.52. The summed E-state index contributed by atoms with van der Waals surface area (Å²) in [4.78, 5) is 25.2. The van der Waals surface area contributed by atoms with Gasteiger partial charge >= 0.3 is 0 Å². The molecule has 2 aliphatic heterocycles. The highest BCUT2D eigenvalue weighted by atomic mass is 16.5. The molecule has 1 aromatic carbocycles. The van der Waals surface area contributed by atoms with Crippen LogP contribution in [0.15, 0.2) is 24.3 Å². The van der Waals surface area contributed by atoms with Crippen LogP contribution in [0.5, 0.6) is 5.75 Å². The number of amides is 2. The Balaban J connectivity index is 1.59. The van der Waals surface area contributed by atoms with Crippen molar-refractivity contribution in [2.75, 3.05) is 20.1 Å². The Bertz CT molecular complexity index is 548. The summed E-state index contributed by atoms with van der Waals surface area (Å²) in [5, 5.41) is 2.31. The van der Waals surface area contributed by atoms with E-state index in [2.05, 4.69) is 29.4 Å². The minimum Gasteiger partial charge on any atom is -0.481 e. The van der Waals surface area contributed by atoms with Gasteiger partial charge in [0.05, 0.1) is 0 Å². The second-order valence-electron chi connectivity index (χ2n) is 6.20. The molecule has 22 heavy (non-hydrogen) atoms. The van der Waals surface area contributed by atoms with E-state index in [4.69, 9.17) is 4.74 Å². The Morgan fingerprint density at radius 3 is 2.41 bits per heavy atom. The van der Waals surface area contributed by atoms with E-state index in [1.54, 1.807) is 0 Å². The van der Waals surface area contributed by atoms with Gasteiger partial charge in [0.25, 0.3) is 5.91 Å². The number of rotatable bonds is 3. The van der Waals surface area contributed by atoms with Crippen LogP contribution in [0.3, 0.4) is 0 Å². The van der Waals surface area contributed by atoms with E-state index >= 15 is 0 Å². The van der Waals surface area contributed by atoms with Gasteiger partial charge in [-0.15, -0.1) is 0 Å². The highest BCUT2D eigenvalue weighted by molar-refractivity contribution is 5.99. The summed E-state index contributed by atoms with van der Waals surface area (Å²) in [6.45, 7) is 2.28. The van der Waals surface area contributed by atoms with E-state index in [1.165, 1.54) is 18.4 Å². The molecule has 5 nitrogen and oxygen atoms in total. The van der Waals surface area contributed by atoms with Gasteiger partial charge in [-0.1, -0.05) is 12.1 Å². The van der Waals surface area contributed by atoms with E-state index in [-0.39, 0.29) is 11.8 Å². The zero-order chi connectivity index (χ0) is 15.5. The Morgan fingerprint density at radius 1 is 1.09 bits per heavy atom. The van der Waals surface area contributed by atoms with Gasteiger partial charge in [-0.25, -0.2) is 0 Å². The molecule has 0 saturated carbocycles. The molecule has 0 aromatic heterocycles. The van der Waals surface area contributed by atoms with E-state index in [1.807, 2.05) is 12.1 Å². The number of nitrogens with one attached hydrogen (secondary N) is 1. The number of likely N-dealkylation sites (tertiary alicyclic amines) is 1. The highest BCUT2D eigenvalue weighted by Gasteiger charge is 2.28. The molecule has 2 heterocycles. The Morgan fingerprint density at radius 2 is 1.77 bits per heavy atom. The fraction of sp³-hybridized carbons (Fsp3) is 0.529. The zero-order valence-corrected chi connectivity index (χ0v) is 12.9. The normalized spacial score (nSPS) is 24.1. The number of nitrogens with zero attached hydrogens (tertiary/aromatic N) is 1. The van der Waals surface area contributed by atoms with Crippen LogP contribution in [-0.2, 0) is 9.59 Å². The first-order valence-corrected chi connectivity index (χ1v) is 7.90. The van der Waals surface area contributed by atoms with Crippen LogP contribution in [-0.4, -0.2) is 43.0 Å². The summed E-state index contributed by atoms with van der Waals surface area (Å²) in [7, 11) is 2.16. The van der Waals surface area contributed by atoms with Gasteiger partial charge in [-0.05, 0) is 56.6 Å². The van der Waals surface area contributed by atoms with Gasteiger partial charge < -0.3 is 9.64 Å². The van der Waals surface area contributed by atoms with Crippen molar-refractivity contribution in [2.24, 2.45) is 0 Å². The van der Waals surface area contributed by atoms with Crippen LogP contribution >= 0.6 is 0 Å². The number of carbonyl (C=O) groups is 2. The predicted molar refractivity (Wildman–Crippen MR) is 82.7 cm³/mol. The molecule has 5 heteroatoms. The maximum absolute atomic E-state index is 11.7. The minimum atomic E-state index is -0.563. The molecule has 2 aliphatic rings. The number of hydrogen-bond donors (Lipinski definition) is 1. The van der Waals surface area contributed by atoms with Gasteiger partial charge in [0.2, 0.25) is 5.91 Å². The summed E-state index contributed by atoms with van der Waals surface area (Å²) in [5.74, 6) is 0.741. The lowest BCUT2D eigenvalue weighted by atomic mass is 9.90. The van der Waals surface area contributed by atoms with Crippen molar-refractivity contribution in [3.05, 3.63) is 29.8 Å². The van der Waals surface area contributed by atoms with Gasteiger partial charge in [0.1, 0.15) is 5.75 Å². The number of benzene rings is 1. The first-order valence-electron chi connectivity index (χ1n) is 7.90. The second kappa shape index (κ2) is 6.48. The van der Waals surface area contributed by atoms with E-state index in [0.717, 1.165) is 13.1 Å². The van der Waals surface area contributed by atoms with Crippen molar-refractivity contribution in [1.82, 2.24) is 10.2 Å². The van der Waals surface area contributed by atoms with Crippen molar-refractivity contribution >= 4 is 11.8 Å². The van der Waals surface area contributed by atoms with Gasteiger partial charge in [-0.3, -0.25) is 14.9 Å². The molecule has 1 atom stereocenters. The monoisotopic (exact) mass is 302 g/mol. The van der Waals surface area contributed by atoms with Gasteiger partial charge in [0, 0.05) is 12.8 Å². The summed E-state index contributed by atoms with van der Waals surface area (Å²) in [6.07, 6.45) is 2.59. The molecule has 1 unspecified atom stereocenters. The quantitative estimate of drug-likeness (QED) is 0.863. The molecule has 0 spiro atoms. The first-order chi connectivity index (χ1) is 10.6. The number of hydrogen-bond acceptors (Lipinski definition) is 4. The standard InChI is InChI=1S/C17H22N2O3/c1-19-10-8-13(9-11-19)12-2-4-14(5-3-12)22-15-6-7-16(20)18-17(15)21/h2-5,13,15H,6-11H2,1H3,(H,18,20,21). The van der Waals surface area contributed by atoms with Crippen LogP contribution in [0, 0.1) is 0 Å². The fourth-order valence-corrected chi connectivity index (χ4v) is 3.11. The van der Waals surface area contributed by atoms with Crippen LogP contribution in [0.25, 0.3) is 0 Å². The van der Waals surface area contributed by atoms with Crippen LogP contribution < -0.4 is 10.1 Å². The summed E-state index contributed by atoms with van der Waals surface area (Å²) < 4.78 is 5.70. The van der Waals surface area contributed by atoms with Crippen LogP contribution in [0.1, 0.15) is 37.2 Å². The molecule has 2 saturated heterocycles. The molecule has 0 aliphatic carbocycles. The maximum Gasteiger partial charge on any atom is 0.267 e. The topological polar surface area (TPSA) is 58.6 Å². The lowest BCUT2D eigenvalue weighted by Crippen LogP contribution is -2.46.